The van der Waals surface area contributed by atoms with Crippen LogP contribution in [0.1, 0.15) is 23.3 Å². The first-order valence-corrected chi connectivity index (χ1v) is 7.29. The van der Waals surface area contributed by atoms with Gasteiger partial charge in [0.25, 0.3) is 5.91 Å². The molecular formula is C16H15N5O3. The number of nitrogens with one attached hydrogen (secondary N) is 1. The topological polar surface area (TPSA) is 123 Å². The van der Waals surface area contributed by atoms with Gasteiger partial charge in [-0.1, -0.05) is 18.2 Å². The molecule has 24 heavy (non-hydrogen) atoms. The molecule has 0 radical (unpaired) electrons. The maximum atomic E-state index is 12.1. The number of benzene rings is 1. The molecule has 8 heteroatoms. The zero-order chi connectivity index (χ0) is 17.4. The Morgan fingerprint density at radius 2 is 1.83 bits per heavy atom. The summed E-state index contributed by atoms with van der Waals surface area (Å²) in [7, 11) is 0. The molecular weight excluding hydrogens is 310 g/mol. The third-order valence-corrected chi connectivity index (χ3v) is 3.33. The average Bonchev–Trinajstić information content (AvgIpc) is 3.03. The number of carbonyl (C=O) groups is 2. The van der Waals surface area contributed by atoms with Gasteiger partial charge in [0.15, 0.2) is 12.3 Å². The number of nitrogens with zero attached hydrogens (tertiary/aromatic N) is 4. The number of hydrogen-bond donors (Lipinski definition) is 1. The summed E-state index contributed by atoms with van der Waals surface area (Å²) in [5.41, 5.74) is 0.805. The van der Waals surface area contributed by atoms with Crippen LogP contribution in [0.25, 0.3) is 10.9 Å². The second kappa shape index (κ2) is 8.30. The lowest BCUT2D eigenvalue weighted by Crippen LogP contribution is -2.36. The van der Waals surface area contributed by atoms with Gasteiger partial charge in [0.2, 0.25) is 0 Å². The van der Waals surface area contributed by atoms with E-state index in [-0.39, 0.29) is 31.6 Å². The molecule has 0 aliphatic heterocycles. The van der Waals surface area contributed by atoms with Gasteiger partial charge in [-0.2, -0.15) is 15.6 Å². The Kier molecular flexibility index (Phi) is 5.87. The zero-order valence-corrected chi connectivity index (χ0v) is 12.9. The SMILES string of the molecule is N#CCCN(CCC#N)C(=O)COC(=O)c1n[nH]c2ccccc12. The summed E-state index contributed by atoms with van der Waals surface area (Å²) in [6.45, 7) is -0.0727. The van der Waals surface area contributed by atoms with Crippen molar-refractivity contribution >= 4 is 22.8 Å². The number of ether oxygens (including phenoxy) is 1. The highest BCUT2D eigenvalue weighted by Gasteiger charge is 2.19. The van der Waals surface area contributed by atoms with Crippen LogP contribution < -0.4 is 0 Å². The summed E-state index contributed by atoms with van der Waals surface area (Å²) in [5, 5.41) is 24.5. The first kappa shape index (κ1) is 17.0. The number of aromatic amines is 1. The van der Waals surface area contributed by atoms with Gasteiger partial charge in [-0.25, -0.2) is 4.79 Å². The van der Waals surface area contributed by atoms with Gasteiger partial charge in [-0.3, -0.25) is 9.89 Å². The molecule has 1 amide bonds. The molecule has 0 spiro atoms. The first-order chi connectivity index (χ1) is 11.7. The summed E-state index contributed by atoms with van der Waals surface area (Å²) in [6, 6.07) is 11.0. The van der Waals surface area contributed by atoms with Crippen LogP contribution in [-0.4, -0.2) is 46.7 Å². The number of esters is 1. The second-order valence-electron chi connectivity index (χ2n) is 4.89. The van der Waals surface area contributed by atoms with E-state index in [9.17, 15) is 9.59 Å². The van der Waals surface area contributed by atoms with E-state index < -0.39 is 18.5 Å². The molecule has 0 bridgehead atoms. The number of H-pyrrole nitrogens is 1. The molecule has 122 valence electrons. The van der Waals surface area contributed by atoms with Gasteiger partial charge in [-0.05, 0) is 6.07 Å². The standard InChI is InChI=1S/C16H15N5O3/c17-7-3-9-21(10-4-8-18)14(22)11-24-16(23)15-12-5-1-2-6-13(12)19-20-15/h1-2,5-6H,3-4,9-11H2,(H,19,20). The monoisotopic (exact) mass is 325 g/mol. The lowest BCUT2D eigenvalue weighted by atomic mass is 10.2. The predicted octanol–water partition coefficient (Wildman–Crippen LogP) is 1.38. The van der Waals surface area contributed by atoms with E-state index >= 15 is 0 Å². The van der Waals surface area contributed by atoms with Gasteiger partial charge in [0.1, 0.15) is 0 Å². The highest BCUT2D eigenvalue weighted by molar-refractivity contribution is 6.02. The zero-order valence-electron chi connectivity index (χ0n) is 12.9. The van der Waals surface area contributed by atoms with Crippen molar-refractivity contribution in [2.45, 2.75) is 12.8 Å². The molecule has 0 aliphatic rings. The lowest BCUT2D eigenvalue weighted by molar-refractivity contribution is -0.134. The predicted molar refractivity (Wildman–Crippen MR) is 83.4 cm³/mol. The van der Waals surface area contributed by atoms with Crippen molar-refractivity contribution < 1.29 is 14.3 Å². The lowest BCUT2D eigenvalue weighted by Gasteiger charge is -2.19. The number of carbonyl (C=O) groups excluding carboxylic acids is 2. The summed E-state index contributed by atoms with van der Waals surface area (Å²) in [4.78, 5) is 25.5. The highest BCUT2D eigenvalue weighted by Crippen LogP contribution is 2.15. The fourth-order valence-electron chi connectivity index (χ4n) is 2.14. The van der Waals surface area contributed by atoms with Crippen molar-refractivity contribution in [3.63, 3.8) is 0 Å². The van der Waals surface area contributed by atoms with Crippen molar-refractivity contribution in [2.75, 3.05) is 19.7 Å². The molecule has 0 saturated carbocycles. The van der Waals surface area contributed by atoms with Crippen molar-refractivity contribution in [2.24, 2.45) is 0 Å². The van der Waals surface area contributed by atoms with E-state index in [1.807, 2.05) is 12.1 Å². The summed E-state index contributed by atoms with van der Waals surface area (Å²) in [5.74, 6) is -1.16. The van der Waals surface area contributed by atoms with Gasteiger partial charge in [0, 0.05) is 18.5 Å². The highest BCUT2D eigenvalue weighted by atomic mass is 16.5. The first-order valence-electron chi connectivity index (χ1n) is 7.29. The maximum absolute atomic E-state index is 12.1. The number of hydrogen-bond acceptors (Lipinski definition) is 6. The van der Waals surface area contributed by atoms with Crippen molar-refractivity contribution in [1.29, 1.82) is 10.5 Å². The second-order valence-corrected chi connectivity index (χ2v) is 4.89. The third-order valence-electron chi connectivity index (χ3n) is 3.33. The molecule has 0 aliphatic carbocycles. The van der Waals surface area contributed by atoms with Crippen LogP contribution in [-0.2, 0) is 9.53 Å². The van der Waals surface area contributed by atoms with E-state index in [0.29, 0.717) is 10.9 Å². The average molecular weight is 325 g/mol. The minimum Gasteiger partial charge on any atom is -0.451 e. The normalized spacial score (nSPS) is 9.92. The Labute approximate surface area is 138 Å². The van der Waals surface area contributed by atoms with Crippen LogP contribution in [0, 0.1) is 22.7 Å². The van der Waals surface area contributed by atoms with E-state index in [0.717, 1.165) is 0 Å². The van der Waals surface area contributed by atoms with Gasteiger partial charge in [0.05, 0.1) is 30.5 Å². The number of para-hydroxylation sites is 1. The summed E-state index contributed by atoms with van der Waals surface area (Å²) >= 11 is 0. The van der Waals surface area contributed by atoms with Crippen molar-refractivity contribution in [3.05, 3.63) is 30.0 Å². The van der Waals surface area contributed by atoms with E-state index in [2.05, 4.69) is 10.2 Å². The maximum Gasteiger partial charge on any atom is 0.359 e. The number of rotatable bonds is 7. The Morgan fingerprint density at radius 3 is 2.50 bits per heavy atom. The number of nitriles is 2. The Bertz CT molecular complexity index is 797. The molecule has 8 nitrogen and oxygen atoms in total. The largest absolute Gasteiger partial charge is 0.451 e. The van der Waals surface area contributed by atoms with E-state index in [1.165, 1.54) is 4.90 Å². The molecule has 2 rings (SSSR count). The molecule has 1 N–H and O–H groups in total. The smallest absolute Gasteiger partial charge is 0.359 e. The fraction of sp³-hybridized carbons (Fsp3) is 0.312. The van der Waals surface area contributed by atoms with Crippen LogP contribution in [0.2, 0.25) is 0 Å². The van der Waals surface area contributed by atoms with Crippen LogP contribution in [0.3, 0.4) is 0 Å². The minimum absolute atomic E-state index is 0.110. The van der Waals surface area contributed by atoms with Crippen molar-refractivity contribution in [3.8, 4) is 12.1 Å². The van der Waals surface area contributed by atoms with E-state index in [1.54, 1.807) is 24.3 Å². The summed E-state index contributed by atoms with van der Waals surface area (Å²) in [6.07, 6.45) is 0.296. The van der Waals surface area contributed by atoms with E-state index in [4.69, 9.17) is 15.3 Å². The Morgan fingerprint density at radius 1 is 1.17 bits per heavy atom. The third kappa shape index (κ3) is 4.08. The number of fused-ring (bicyclic) bond motifs is 1. The summed E-state index contributed by atoms with van der Waals surface area (Å²) < 4.78 is 5.02. The quantitative estimate of drug-likeness (QED) is 0.767. The molecule has 0 unspecified atom stereocenters. The molecule has 1 aromatic carbocycles. The molecule has 0 saturated heterocycles. The molecule has 1 aromatic heterocycles. The van der Waals surface area contributed by atoms with Crippen LogP contribution in [0.4, 0.5) is 0 Å². The van der Waals surface area contributed by atoms with Gasteiger partial charge < -0.3 is 9.64 Å². The van der Waals surface area contributed by atoms with Crippen LogP contribution in [0.15, 0.2) is 24.3 Å². The van der Waals surface area contributed by atoms with Crippen LogP contribution >= 0.6 is 0 Å². The van der Waals surface area contributed by atoms with Crippen molar-refractivity contribution in [1.82, 2.24) is 15.1 Å². The van der Waals surface area contributed by atoms with Crippen LogP contribution in [0.5, 0.6) is 0 Å². The van der Waals surface area contributed by atoms with Gasteiger partial charge >= 0.3 is 5.97 Å². The molecule has 2 aromatic rings. The molecule has 0 atom stereocenters. The number of aromatic nitrogens is 2. The number of amides is 1. The minimum atomic E-state index is -0.707. The van der Waals surface area contributed by atoms with Gasteiger partial charge in [-0.15, -0.1) is 0 Å². The molecule has 1 heterocycles. The fourth-order valence-corrected chi connectivity index (χ4v) is 2.14. The Hall–Kier alpha value is -3.39. The Balaban J connectivity index is 1.97. The molecule has 0 fully saturated rings.